The lowest BCUT2D eigenvalue weighted by molar-refractivity contribution is 0.0533. The summed E-state index contributed by atoms with van der Waals surface area (Å²) in [6, 6.07) is 1.75. The molecule has 0 bridgehead atoms. The second kappa shape index (κ2) is 7.13. The number of nitrogens with one attached hydrogen (secondary N) is 1. The minimum Gasteiger partial charge on any atom is -0.462 e. The van der Waals surface area contributed by atoms with Crippen LogP contribution in [0.1, 0.15) is 23.0 Å². The Hall–Kier alpha value is -1.27. The van der Waals surface area contributed by atoms with Gasteiger partial charge in [0.25, 0.3) is 0 Å². The third-order valence-corrected chi connectivity index (χ3v) is 3.13. The predicted octanol–water partition coefficient (Wildman–Crippen LogP) is 1.96. The molecule has 0 saturated heterocycles. The van der Waals surface area contributed by atoms with Crippen molar-refractivity contribution in [2.75, 3.05) is 37.9 Å². The van der Waals surface area contributed by atoms with Crippen molar-refractivity contribution >= 4 is 28.0 Å². The fourth-order valence-electron chi connectivity index (χ4n) is 1.28. The lowest BCUT2D eigenvalue weighted by atomic mass is 10.4. The molecule has 0 radical (unpaired) electrons. The number of ether oxygens (including phenoxy) is 2. The van der Waals surface area contributed by atoms with E-state index in [1.807, 2.05) is 0 Å². The number of carbonyl (C=O) groups is 1. The van der Waals surface area contributed by atoms with Crippen LogP contribution in [0, 0.1) is 0 Å². The van der Waals surface area contributed by atoms with Crippen LogP contribution in [0.4, 0.5) is 10.7 Å². The lowest BCUT2D eigenvalue weighted by Gasteiger charge is -2.01. The maximum Gasteiger partial charge on any atom is 0.350 e. The van der Waals surface area contributed by atoms with Gasteiger partial charge in [-0.1, -0.05) is 0 Å². The van der Waals surface area contributed by atoms with Gasteiger partial charge in [-0.3, -0.25) is 0 Å². The summed E-state index contributed by atoms with van der Waals surface area (Å²) in [6.07, 6.45) is 0.906. The Kier molecular flexibility index (Phi) is 5.79. The van der Waals surface area contributed by atoms with Gasteiger partial charge in [0.1, 0.15) is 4.88 Å². The van der Waals surface area contributed by atoms with Crippen molar-refractivity contribution in [1.29, 1.82) is 0 Å². The van der Waals surface area contributed by atoms with Crippen molar-refractivity contribution in [2.45, 2.75) is 13.3 Å². The monoisotopic (exact) mass is 258 g/mol. The minimum absolute atomic E-state index is 0.354. The first-order chi connectivity index (χ1) is 8.19. The number of anilines is 2. The molecule has 0 spiro atoms. The van der Waals surface area contributed by atoms with Crippen LogP contribution in [0.3, 0.4) is 0 Å². The number of methoxy groups -OCH3 is 1. The Bertz CT molecular complexity index is 366. The molecule has 0 unspecified atom stereocenters. The first kappa shape index (κ1) is 13.8. The van der Waals surface area contributed by atoms with Crippen LogP contribution < -0.4 is 11.1 Å². The number of hydrogen-bond donors (Lipinski definition) is 2. The summed E-state index contributed by atoms with van der Waals surface area (Å²) >= 11 is 1.31. The van der Waals surface area contributed by atoms with E-state index in [-0.39, 0.29) is 5.97 Å². The zero-order valence-corrected chi connectivity index (χ0v) is 10.9. The van der Waals surface area contributed by atoms with Crippen LogP contribution in [-0.2, 0) is 9.47 Å². The van der Waals surface area contributed by atoms with Gasteiger partial charge in [0.05, 0.1) is 17.3 Å². The van der Waals surface area contributed by atoms with E-state index >= 15 is 0 Å². The summed E-state index contributed by atoms with van der Waals surface area (Å²) < 4.78 is 9.85. The van der Waals surface area contributed by atoms with Crippen molar-refractivity contribution in [2.24, 2.45) is 0 Å². The Morgan fingerprint density at radius 1 is 1.59 bits per heavy atom. The van der Waals surface area contributed by atoms with Crippen LogP contribution in [0.15, 0.2) is 6.07 Å². The van der Waals surface area contributed by atoms with E-state index in [0.717, 1.165) is 18.0 Å². The highest BCUT2D eigenvalue weighted by Crippen LogP contribution is 2.29. The van der Waals surface area contributed by atoms with Crippen molar-refractivity contribution in [3.8, 4) is 0 Å². The van der Waals surface area contributed by atoms with Crippen molar-refractivity contribution in [3.05, 3.63) is 10.9 Å². The quantitative estimate of drug-likeness (QED) is 0.577. The summed E-state index contributed by atoms with van der Waals surface area (Å²) in [5.74, 6) is -0.361. The molecule has 17 heavy (non-hydrogen) atoms. The van der Waals surface area contributed by atoms with E-state index < -0.39 is 0 Å². The summed E-state index contributed by atoms with van der Waals surface area (Å²) in [5, 5.41) is 4.06. The van der Waals surface area contributed by atoms with E-state index in [1.54, 1.807) is 20.1 Å². The molecule has 0 fully saturated rings. The van der Waals surface area contributed by atoms with Gasteiger partial charge in [-0.15, -0.1) is 11.3 Å². The average molecular weight is 258 g/mol. The highest BCUT2D eigenvalue weighted by atomic mass is 32.1. The van der Waals surface area contributed by atoms with E-state index in [9.17, 15) is 4.79 Å². The van der Waals surface area contributed by atoms with Gasteiger partial charge in [-0.2, -0.15) is 0 Å². The standard InChI is InChI=1S/C11H18N2O3S/c1-3-16-11(14)10-8(12)7-9(17-10)13-5-4-6-15-2/h7,13H,3-6,12H2,1-2H3. The third-order valence-electron chi connectivity index (χ3n) is 2.05. The molecule has 96 valence electrons. The van der Waals surface area contributed by atoms with Gasteiger partial charge in [0.2, 0.25) is 0 Å². The molecule has 6 heteroatoms. The second-order valence-electron chi connectivity index (χ2n) is 3.39. The Morgan fingerprint density at radius 2 is 2.35 bits per heavy atom. The van der Waals surface area contributed by atoms with Crippen LogP contribution >= 0.6 is 11.3 Å². The zero-order chi connectivity index (χ0) is 12.7. The molecular formula is C11H18N2O3S. The molecular weight excluding hydrogens is 240 g/mol. The van der Waals surface area contributed by atoms with Crippen molar-refractivity contribution in [1.82, 2.24) is 0 Å². The smallest absolute Gasteiger partial charge is 0.350 e. The Labute approximate surface area is 105 Å². The molecule has 0 aliphatic rings. The van der Waals surface area contributed by atoms with Crippen LogP contribution in [0.5, 0.6) is 0 Å². The fourth-order valence-corrected chi connectivity index (χ4v) is 2.18. The third kappa shape index (κ3) is 4.24. The van der Waals surface area contributed by atoms with E-state index in [2.05, 4.69) is 5.32 Å². The highest BCUT2D eigenvalue weighted by Gasteiger charge is 2.15. The van der Waals surface area contributed by atoms with E-state index in [0.29, 0.717) is 23.8 Å². The fraction of sp³-hybridized carbons (Fsp3) is 0.545. The van der Waals surface area contributed by atoms with E-state index in [1.165, 1.54) is 11.3 Å². The maximum absolute atomic E-state index is 11.5. The number of esters is 1. The molecule has 0 aromatic carbocycles. The van der Waals surface area contributed by atoms with Crippen LogP contribution in [0.25, 0.3) is 0 Å². The van der Waals surface area contributed by atoms with Gasteiger partial charge in [-0.05, 0) is 19.4 Å². The van der Waals surface area contributed by atoms with Gasteiger partial charge < -0.3 is 20.5 Å². The van der Waals surface area contributed by atoms with Crippen LogP contribution in [0.2, 0.25) is 0 Å². The first-order valence-corrected chi connectivity index (χ1v) is 6.30. The van der Waals surface area contributed by atoms with Crippen molar-refractivity contribution < 1.29 is 14.3 Å². The van der Waals surface area contributed by atoms with Gasteiger partial charge in [0, 0.05) is 20.3 Å². The lowest BCUT2D eigenvalue weighted by Crippen LogP contribution is -2.04. The number of thiophene rings is 1. The first-order valence-electron chi connectivity index (χ1n) is 5.48. The largest absolute Gasteiger partial charge is 0.462 e. The molecule has 0 aliphatic heterocycles. The van der Waals surface area contributed by atoms with Crippen molar-refractivity contribution in [3.63, 3.8) is 0 Å². The second-order valence-corrected chi connectivity index (χ2v) is 4.44. The Balaban J connectivity index is 2.52. The average Bonchev–Trinajstić information content (AvgIpc) is 2.66. The summed E-state index contributed by atoms with van der Waals surface area (Å²) in [5.41, 5.74) is 6.21. The molecule has 0 atom stereocenters. The van der Waals surface area contributed by atoms with Gasteiger partial charge >= 0.3 is 5.97 Å². The van der Waals surface area contributed by atoms with Crippen LogP contribution in [-0.4, -0.2) is 32.8 Å². The molecule has 0 saturated carbocycles. The topological polar surface area (TPSA) is 73.6 Å². The van der Waals surface area contributed by atoms with Gasteiger partial charge in [-0.25, -0.2) is 4.79 Å². The molecule has 0 aliphatic carbocycles. The molecule has 1 aromatic rings. The number of nitrogen functional groups attached to an aromatic ring is 1. The highest BCUT2D eigenvalue weighted by molar-refractivity contribution is 7.18. The molecule has 1 rings (SSSR count). The number of hydrogen-bond acceptors (Lipinski definition) is 6. The summed E-state index contributed by atoms with van der Waals surface area (Å²) in [6.45, 7) is 3.62. The van der Waals surface area contributed by atoms with Gasteiger partial charge in [0.15, 0.2) is 0 Å². The SMILES string of the molecule is CCOC(=O)c1sc(NCCCOC)cc1N. The zero-order valence-electron chi connectivity index (χ0n) is 10.1. The molecule has 3 N–H and O–H groups in total. The Morgan fingerprint density at radius 3 is 3.00 bits per heavy atom. The number of nitrogens with two attached hydrogens (primary N) is 1. The van der Waals surface area contributed by atoms with E-state index in [4.69, 9.17) is 15.2 Å². The molecule has 0 amide bonds. The maximum atomic E-state index is 11.5. The number of carbonyl (C=O) groups excluding carboxylic acids is 1. The molecule has 5 nitrogen and oxygen atoms in total. The normalized spacial score (nSPS) is 10.2. The summed E-state index contributed by atoms with van der Waals surface area (Å²) in [4.78, 5) is 12.0. The predicted molar refractivity (Wildman–Crippen MR) is 69.7 cm³/mol. The summed E-state index contributed by atoms with van der Waals surface area (Å²) in [7, 11) is 1.67. The number of rotatable bonds is 7. The minimum atomic E-state index is -0.361. The molecule has 1 heterocycles. The molecule has 1 aromatic heterocycles.